The number of ether oxygens (including phenoxy) is 2. The Bertz CT molecular complexity index is 506. The molecule has 17 heavy (non-hydrogen) atoms. The number of hydrogen-bond donors (Lipinski definition) is 1. The molecule has 0 aliphatic rings. The van der Waals surface area contributed by atoms with Crippen LogP contribution in [0.3, 0.4) is 0 Å². The minimum absolute atomic E-state index is 0.131. The molecular formula is C10H12N2O5. The van der Waals surface area contributed by atoms with Gasteiger partial charge in [-0.25, -0.2) is 14.7 Å². The van der Waals surface area contributed by atoms with Gasteiger partial charge in [0.05, 0.1) is 19.4 Å². The van der Waals surface area contributed by atoms with Crippen LogP contribution in [0, 0.1) is 6.92 Å². The Morgan fingerprint density at radius 2 is 1.94 bits per heavy atom. The summed E-state index contributed by atoms with van der Waals surface area (Å²) in [4.78, 5) is 34.5. The van der Waals surface area contributed by atoms with Crippen LogP contribution in [0.1, 0.15) is 33.3 Å². The summed E-state index contributed by atoms with van der Waals surface area (Å²) >= 11 is 0. The maximum Gasteiger partial charge on any atom is 0.344 e. The lowest BCUT2D eigenvalue weighted by molar-refractivity contribution is 0.0500. The van der Waals surface area contributed by atoms with Gasteiger partial charge in [0.25, 0.3) is 5.56 Å². The van der Waals surface area contributed by atoms with Gasteiger partial charge in [-0.1, -0.05) is 0 Å². The Labute approximate surface area is 96.7 Å². The normalized spacial score (nSPS) is 9.82. The molecule has 0 saturated carbocycles. The van der Waals surface area contributed by atoms with Gasteiger partial charge in [0.1, 0.15) is 11.1 Å². The highest BCUT2D eigenvalue weighted by molar-refractivity contribution is 6.03. The predicted octanol–water partition coefficient (Wildman–Crippen LogP) is 0.0416. The van der Waals surface area contributed by atoms with Gasteiger partial charge in [0.15, 0.2) is 0 Å². The number of aromatic nitrogens is 2. The number of nitrogens with one attached hydrogen (secondary N) is 1. The van der Waals surface area contributed by atoms with E-state index in [1.807, 2.05) is 0 Å². The van der Waals surface area contributed by atoms with Crippen molar-refractivity contribution in [1.82, 2.24) is 10.2 Å². The summed E-state index contributed by atoms with van der Waals surface area (Å²) in [5, 5.41) is 5.72. The lowest BCUT2D eigenvalue weighted by atomic mass is 10.1. The van der Waals surface area contributed by atoms with Crippen molar-refractivity contribution in [2.45, 2.75) is 13.8 Å². The van der Waals surface area contributed by atoms with Crippen LogP contribution in [-0.4, -0.2) is 35.9 Å². The van der Waals surface area contributed by atoms with Gasteiger partial charge in [-0.3, -0.25) is 4.79 Å². The minimum atomic E-state index is -0.903. The number of methoxy groups -OCH3 is 1. The van der Waals surface area contributed by atoms with Gasteiger partial charge >= 0.3 is 11.9 Å². The van der Waals surface area contributed by atoms with E-state index in [-0.39, 0.29) is 17.9 Å². The Balaban J connectivity index is 3.45. The number of aryl methyl sites for hydroxylation is 1. The molecule has 1 heterocycles. The molecule has 0 amide bonds. The number of H-pyrrole nitrogens is 1. The molecule has 0 unspecified atom stereocenters. The third kappa shape index (κ3) is 2.49. The van der Waals surface area contributed by atoms with Gasteiger partial charge in [-0.2, -0.15) is 5.10 Å². The molecule has 0 aliphatic carbocycles. The maximum absolute atomic E-state index is 11.6. The summed E-state index contributed by atoms with van der Waals surface area (Å²) in [5.74, 6) is -1.68. The fourth-order valence-corrected chi connectivity index (χ4v) is 1.29. The molecule has 0 aliphatic heterocycles. The average Bonchev–Trinajstić information content (AvgIpc) is 2.31. The van der Waals surface area contributed by atoms with Gasteiger partial charge < -0.3 is 9.47 Å². The molecule has 0 aromatic carbocycles. The second-order valence-corrected chi connectivity index (χ2v) is 3.10. The van der Waals surface area contributed by atoms with Crippen LogP contribution >= 0.6 is 0 Å². The van der Waals surface area contributed by atoms with Gasteiger partial charge in [0, 0.05) is 0 Å². The maximum atomic E-state index is 11.6. The lowest BCUT2D eigenvalue weighted by Crippen LogP contribution is -2.27. The van der Waals surface area contributed by atoms with Crippen LogP contribution in [0.4, 0.5) is 0 Å². The van der Waals surface area contributed by atoms with E-state index in [0.29, 0.717) is 0 Å². The Hall–Kier alpha value is -2.18. The van der Waals surface area contributed by atoms with Crippen LogP contribution < -0.4 is 5.56 Å². The van der Waals surface area contributed by atoms with Gasteiger partial charge in [-0.15, -0.1) is 0 Å². The summed E-state index contributed by atoms with van der Waals surface area (Å²) in [6, 6.07) is 0. The smallest absolute Gasteiger partial charge is 0.344 e. The largest absolute Gasteiger partial charge is 0.465 e. The Morgan fingerprint density at radius 1 is 1.29 bits per heavy atom. The fraction of sp³-hybridized carbons (Fsp3) is 0.400. The third-order valence-electron chi connectivity index (χ3n) is 2.03. The second kappa shape index (κ2) is 5.24. The fourth-order valence-electron chi connectivity index (χ4n) is 1.29. The second-order valence-electron chi connectivity index (χ2n) is 3.10. The topological polar surface area (TPSA) is 98.4 Å². The highest BCUT2D eigenvalue weighted by Crippen LogP contribution is 2.10. The number of hydrogen-bond acceptors (Lipinski definition) is 6. The predicted molar refractivity (Wildman–Crippen MR) is 56.9 cm³/mol. The summed E-state index contributed by atoms with van der Waals surface area (Å²) in [5.41, 5.74) is -1.14. The molecule has 0 radical (unpaired) electrons. The Kier molecular flexibility index (Phi) is 3.97. The molecule has 92 valence electrons. The number of rotatable bonds is 3. The van der Waals surface area contributed by atoms with Crippen molar-refractivity contribution < 1.29 is 19.1 Å². The quantitative estimate of drug-likeness (QED) is 0.749. The van der Waals surface area contributed by atoms with E-state index in [1.54, 1.807) is 6.92 Å². The van der Waals surface area contributed by atoms with Gasteiger partial charge in [0.2, 0.25) is 0 Å². The molecule has 0 bridgehead atoms. The van der Waals surface area contributed by atoms with Crippen molar-refractivity contribution in [3.05, 3.63) is 27.2 Å². The molecule has 7 nitrogen and oxygen atoms in total. The summed E-state index contributed by atoms with van der Waals surface area (Å²) in [7, 11) is 1.12. The van der Waals surface area contributed by atoms with Crippen LogP contribution in [-0.2, 0) is 9.47 Å². The molecule has 0 saturated heterocycles. The zero-order valence-corrected chi connectivity index (χ0v) is 9.70. The summed E-state index contributed by atoms with van der Waals surface area (Å²) in [6.45, 7) is 3.23. The standard InChI is InChI=1S/C10H12N2O5/c1-4-17-10(15)6-5(2)11-12-8(13)7(6)9(14)16-3/h4H2,1-3H3,(H,12,13). The van der Waals surface area contributed by atoms with Gasteiger partial charge in [-0.05, 0) is 13.8 Å². The molecule has 0 spiro atoms. The van der Waals surface area contributed by atoms with Crippen molar-refractivity contribution in [2.24, 2.45) is 0 Å². The van der Waals surface area contributed by atoms with Crippen molar-refractivity contribution in [2.75, 3.05) is 13.7 Å². The van der Waals surface area contributed by atoms with Crippen molar-refractivity contribution in [3.8, 4) is 0 Å². The summed E-state index contributed by atoms with van der Waals surface area (Å²) < 4.78 is 9.21. The first-order chi connectivity index (χ1) is 8.02. The van der Waals surface area contributed by atoms with E-state index in [4.69, 9.17) is 4.74 Å². The van der Waals surface area contributed by atoms with Crippen molar-refractivity contribution in [1.29, 1.82) is 0 Å². The first-order valence-electron chi connectivity index (χ1n) is 4.87. The highest BCUT2D eigenvalue weighted by atomic mass is 16.5. The van der Waals surface area contributed by atoms with Crippen LogP contribution in [0.2, 0.25) is 0 Å². The number of esters is 2. The molecular weight excluding hydrogens is 228 g/mol. The lowest BCUT2D eigenvalue weighted by Gasteiger charge is -2.07. The van der Waals surface area contributed by atoms with E-state index in [0.717, 1.165) is 7.11 Å². The van der Waals surface area contributed by atoms with E-state index in [9.17, 15) is 14.4 Å². The minimum Gasteiger partial charge on any atom is -0.465 e. The van der Waals surface area contributed by atoms with Crippen molar-refractivity contribution in [3.63, 3.8) is 0 Å². The van der Waals surface area contributed by atoms with E-state index in [1.165, 1.54) is 6.92 Å². The van der Waals surface area contributed by atoms with Crippen molar-refractivity contribution >= 4 is 11.9 Å². The molecule has 1 aromatic heterocycles. The first kappa shape index (κ1) is 12.9. The first-order valence-corrected chi connectivity index (χ1v) is 4.87. The average molecular weight is 240 g/mol. The molecule has 1 rings (SSSR count). The molecule has 0 atom stereocenters. The highest BCUT2D eigenvalue weighted by Gasteiger charge is 2.25. The number of carbonyl (C=O) groups is 2. The number of nitrogens with zero attached hydrogens (tertiary/aromatic N) is 1. The van der Waals surface area contributed by atoms with Crippen LogP contribution in [0.15, 0.2) is 4.79 Å². The van der Waals surface area contributed by atoms with Crippen LogP contribution in [0.5, 0.6) is 0 Å². The van der Waals surface area contributed by atoms with Crippen LogP contribution in [0.25, 0.3) is 0 Å². The van der Waals surface area contributed by atoms with E-state index in [2.05, 4.69) is 14.9 Å². The van der Waals surface area contributed by atoms with E-state index < -0.39 is 23.1 Å². The monoisotopic (exact) mass is 240 g/mol. The Morgan fingerprint density at radius 3 is 2.47 bits per heavy atom. The number of carbonyl (C=O) groups excluding carboxylic acids is 2. The number of aromatic amines is 1. The SMILES string of the molecule is CCOC(=O)c1c(C)n[nH]c(=O)c1C(=O)OC. The molecule has 7 heteroatoms. The summed E-state index contributed by atoms with van der Waals surface area (Å²) in [6.07, 6.45) is 0. The molecule has 0 fully saturated rings. The third-order valence-corrected chi connectivity index (χ3v) is 2.03. The molecule has 1 N–H and O–H groups in total. The zero-order chi connectivity index (χ0) is 13.0. The van der Waals surface area contributed by atoms with E-state index >= 15 is 0 Å². The zero-order valence-electron chi connectivity index (χ0n) is 9.70. The molecule has 1 aromatic rings.